The van der Waals surface area contributed by atoms with Crippen LogP contribution >= 0.6 is 45.2 Å². The number of imidazole rings is 2. The summed E-state index contributed by atoms with van der Waals surface area (Å²) in [4.78, 5) is 26.6. The van der Waals surface area contributed by atoms with E-state index in [1.165, 1.54) is 23.8 Å². The number of aromatic nitrogens is 8. The summed E-state index contributed by atoms with van der Waals surface area (Å²) >= 11 is 4.65. The van der Waals surface area contributed by atoms with Gasteiger partial charge in [-0.25, -0.2) is 19.9 Å². The van der Waals surface area contributed by atoms with Gasteiger partial charge < -0.3 is 15.4 Å². The van der Waals surface area contributed by atoms with Crippen molar-refractivity contribution in [3.63, 3.8) is 0 Å². The van der Waals surface area contributed by atoms with Gasteiger partial charge in [0.05, 0.1) is 11.0 Å². The van der Waals surface area contributed by atoms with Crippen molar-refractivity contribution < 1.29 is 17.9 Å². The highest BCUT2D eigenvalue weighted by Crippen LogP contribution is 2.29. The summed E-state index contributed by atoms with van der Waals surface area (Å²) in [6, 6.07) is 27.8. The number of hydrogen-bond donors (Lipinski definition) is 2. The Balaban J connectivity index is 0.000000165. The predicted octanol–water partition coefficient (Wildman–Crippen LogP) is 8.96. The molecule has 16 heteroatoms. The van der Waals surface area contributed by atoms with Crippen molar-refractivity contribution in [3.05, 3.63) is 147 Å². The monoisotopic (exact) mass is 938 g/mol. The molecule has 0 saturated carbocycles. The Morgan fingerprint density at radius 2 is 1.26 bits per heavy atom. The summed E-state index contributed by atoms with van der Waals surface area (Å²) in [5.41, 5.74) is 3.50. The van der Waals surface area contributed by atoms with Crippen LogP contribution in [0.1, 0.15) is 11.1 Å². The zero-order valence-electron chi connectivity index (χ0n) is 27.4. The molecule has 4 aromatic carbocycles. The number of anilines is 2. The standard InChI is InChI=1S/C19H14F3N5O.C18H13I2N5/c20-19(21,22)28-14-5-3-4-13(10-14)11-24-17-15-6-1-2-7-16(15)25-18(26-17)27-9-8-23-12-27;19-13-8-14-16(15(20)9-13)23-18(25-7-6-21-11-25)24-17(14)22-10-12-4-2-1-3-5-12/h1-10,12H,11H2,(H,24,25,26);1-9,11H,10H2,(H,22,23,24). The van der Waals surface area contributed by atoms with E-state index in [-0.39, 0.29) is 12.3 Å². The fourth-order valence-corrected chi connectivity index (χ4v) is 7.25. The number of alkyl halides is 3. The molecule has 0 amide bonds. The maximum absolute atomic E-state index is 12.4. The smallest absolute Gasteiger partial charge is 0.406 e. The number of benzene rings is 4. The average molecular weight is 938 g/mol. The van der Waals surface area contributed by atoms with Crippen LogP contribution in [0.4, 0.5) is 24.8 Å². The van der Waals surface area contributed by atoms with Crippen LogP contribution in [0.15, 0.2) is 128 Å². The van der Waals surface area contributed by atoms with Crippen molar-refractivity contribution in [2.75, 3.05) is 10.6 Å². The van der Waals surface area contributed by atoms with Gasteiger partial charge in [0.2, 0.25) is 11.9 Å². The lowest BCUT2D eigenvalue weighted by molar-refractivity contribution is -0.274. The summed E-state index contributed by atoms with van der Waals surface area (Å²) in [7, 11) is 0. The molecule has 4 heterocycles. The minimum absolute atomic E-state index is 0.263. The molecule has 53 heavy (non-hydrogen) atoms. The molecule has 8 rings (SSSR count). The van der Waals surface area contributed by atoms with E-state index in [2.05, 4.69) is 105 Å². The van der Waals surface area contributed by atoms with Gasteiger partial charge in [-0.2, -0.15) is 9.97 Å². The molecule has 0 spiro atoms. The summed E-state index contributed by atoms with van der Waals surface area (Å²) in [5.74, 6) is 2.18. The van der Waals surface area contributed by atoms with Gasteiger partial charge in [0, 0.05) is 55.8 Å². The van der Waals surface area contributed by atoms with Gasteiger partial charge in [-0.3, -0.25) is 9.13 Å². The van der Waals surface area contributed by atoms with Crippen LogP contribution in [0, 0.1) is 7.14 Å². The number of rotatable bonds is 9. The number of para-hydroxylation sites is 1. The number of hydrogen-bond acceptors (Lipinski definition) is 9. The van der Waals surface area contributed by atoms with Crippen LogP contribution in [-0.4, -0.2) is 45.4 Å². The van der Waals surface area contributed by atoms with Gasteiger partial charge in [0.15, 0.2) is 0 Å². The maximum Gasteiger partial charge on any atom is 0.573 e. The van der Waals surface area contributed by atoms with Gasteiger partial charge >= 0.3 is 6.36 Å². The second kappa shape index (κ2) is 16.1. The summed E-state index contributed by atoms with van der Waals surface area (Å²) < 4.78 is 47.0. The highest BCUT2D eigenvalue weighted by molar-refractivity contribution is 14.1. The number of halogens is 5. The van der Waals surface area contributed by atoms with Gasteiger partial charge in [-0.05, 0) is 92.7 Å². The minimum atomic E-state index is -4.73. The normalized spacial score (nSPS) is 11.3. The Bertz CT molecular complexity index is 2460. The number of fused-ring (bicyclic) bond motifs is 2. The molecule has 8 aromatic rings. The Morgan fingerprint density at radius 1 is 0.642 bits per heavy atom. The molecule has 0 radical (unpaired) electrons. The van der Waals surface area contributed by atoms with Crippen molar-refractivity contribution in [2.24, 2.45) is 0 Å². The molecule has 0 unspecified atom stereocenters. The van der Waals surface area contributed by atoms with Crippen LogP contribution in [0.5, 0.6) is 5.75 Å². The van der Waals surface area contributed by atoms with Crippen LogP contribution in [0.2, 0.25) is 0 Å². The highest BCUT2D eigenvalue weighted by atomic mass is 127. The molecular formula is C37H27F3I2N10O. The maximum atomic E-state index is 12.4. The summed E-state index contributed by atoms with van der Waals surface area (Å²) in [6.45, 7) is 0.970. The molecular weight excluding hydrogens is 911 g/mol. The van der Waals surface area contributed by atoms with E-state index in [0.29, 0.717) is 29.8 Å². The Kier molecular flexibility index (Phi) is 10.9. The highest BCUT2D eigenvalue weighted by Gasteiger charge is 2.31. The molecule has 11 nitrogen and oxygen atoms in total. The predicted molar refractivity (Wildman–Crippen MR) is 213 cm³/mol. The first-order chi connectivity index (χ1) is 25.7. The molecule has 0 bridgehead atoms. The topological polar surface area (TPSA) is 120 Å². The first-order valence-electron chi connectivity index (χ1n) is 15.9. The minimum Gasteiger partial charge on any atom is -0.406 e. The van der Waals surface area contributed by atoms with E-state index in [0.717, 1.165) is 34.8 Å². The van der Waals surface area contributed by atoms with Gasteiger partial charge in [0.25, 0.3) is 0 Å². The Hall–Kier alpha value is -5.37. The number of nitrogens with one attached hydrogen (secondary N) is 2. The second-order valence-electron chi connectivity index (χ2n) is 11.4. The molecule has 2 N–H and O–H groups in total. The molecule has 0 aliphatic carbocycles. The third kappa shape index (κ3) is 9.17. The third-order valence-electron chi connectivity index (χ3n) is 7.66. The molecule has 0 atom stereocenters. The SMILES string of the molecule is FC(F)(F)Oc1cccc(CNc2nc(-n3ccnc3)nc3ccccc23)c1.Ic1cc(I)c2nc(-n3ccnc3)nc(NCc3ccccc3)c2c1. The van der Waals surface area contributed by atoms with Gasteiger partial charge in [-0.1, -0.05) is 54.6 Å². The largest absolute Gasteiger partial charge is 0.573 e. The lowest BCUT2D eigenvalue weighted by Gasteiger charge is -2.12. The van der Waals surface area contributed by atoms with Gasteiger partial charge in [-0.15, -0.1) is 13.2 Å². The molecule has 0 aliphatic heterocycles. The number of ether oxygens (including phenoxy) is 1. The van der Waals surface area contributed by atoms with E-state index in [1.807, 2.05) is 53.2 Å². The summed E-state index contributed by atoms with van der Waals surface area (Å²) in [6.07, 6.45) is 5.50. The quantitative estimate of drug-likeness (QED) is 0.137. The Labute approximate surface area is 328 Å². The lowest BCUT2D eigenvalue weighted by atomic mass is 10.2. The average Bonchev–Trinajstić information content (AvgIpc) is 3.89. The first kappa shape index (κ1) is 36.0. The molecule has 4 aromatic heterocycles. The van der Waals surface area contributed by atoms with Crippen molar-refractivity contribution >= 4 is 78.6 Å². The molecule has 0 aliphatic rings. The van der Waals surface area contributed by atoms with E-state index >= 15 is 0 Å². The second-order valence-corrected chi connectivity index (χ2v) is 13.8. The first-order valence-corrected chi connectivity index (χ1v) is 18.1. The van der Waals surface area contributed by atoms with Crippen molar-refractivity contribution in [1.29, 1.82) is 0 Å². The lowest BCUT2D eigenvalue weighted by Crippen LogP contribution is -2.17. The fourth-order valence-electron chi connectivity index (χ4n) is 5.28. The molecule has 266 valence electrons. The van der Waals surface area contributed by atoms with E-state index in [4.69, 9.17) is 9.97 Å². The van der Waals surface area contributed by atoms with E-state index in [1.54, 1.807) is 41.9 Å². The third-order valence-corrected chi connectivity index (χ3v) is 9.11. The fraction of sp³-hybridized carbons (Fsp3) is 0.0811. The van der Waals surface area contributed by atoms with Crippen LogP contribution < -0.4 is 15.4 Å². The van der Waals surface area contributed by atoms with Crippen molar-refractivity contribution in [3.8, 4) is 17.6 Å². The number of nitrogens with zero attached hydrogens (tertiary/aromatic N) is 8. The van der Waals surface area contributed by atoms with E-state index in [9.17, 15) is 13.2 Å². The Morgan fingerprint density at radius 3 is 1.94 bits per heavy atom. The van der Waals surface area contributed by atoms with Crippen LogP contribution in [0.25, 0.3) is 33.7 Å². The van der Waals surface area contributed by atoms with E-state index < -0.39 is 6.36 Å². The molecule has 0 saturated heterocycles. The van der Waals surface area contributed by atoms with Crippen LogP contribution in [0.3, 0.4) is 0 Å². The van der Waals surface area contributed by atoms with Gasteiger partial charge in [0.1, 0.15) is 30.0 Å². The van der Waals surface area contributed by atoms with Crippen molar-refractivity contribution in [1.82, 2.24) is 39.0 Å². The van der Waals surface area contributed by atoms with Crippen molar-refractivity contribution in [2.45, 2.75) is 19.5 Å². The zero-order chi connectivity index (χ0) is 36.8. The zero-order valence-corrected chi connectivity index (χ0v) is 31.7. The van der Waals surface area contributed by atoms with Crippen LogP contribution in [-0.2, 0) is 13.1 Å². The summed E-state index contributed by atoms with van der Waals surface area (Å²) in [5, 5.41) is 8.47. The molecule has 0 fully saturated rings.